The van der Waals surface area contributed by atoms with E-state index in [9.17, 15) is 10.1 Å². The summed E-state index contributed by atoms with van der Waals surface area (Å²) >= 11 is 0. The molecule has 7 nitrogen and oxygen atoms in total. The Morgan fingerprint density at radius 1 is 0.774 bits per heavy atom. The summed E-state index contributed by atoms with van der Waals surface area (Å²) in [5.74, 6) is 0. The zero-order chi connectivity index (χ0) is 21.2. The van der Waals surface area contributed by atoms with Gasteiger partial charge < -0.3 is 4.90 Å². The van der Waals surface area contributed by atoms with E-state index in [1.54, 1.807) is 12.3 Å². The van der Waals surface area contributed by atoms with Gasteiger partial charge in [-0.05, 0) is 42.5 Å². The highest BCUT2D eigenvalue weighted by atomic mass is 16.6. The van der Waals surface area contributed by atoms with Gasteiger partial charge in [-0.25, -0.2) is 9.50 Å². The fourth-order valence-electron chi connectivity index (χ4n) is 3.61. The van der Waals surface area contributed by atoms with Crippen LogP contribution in [0.3, 0.4) is 0 Å². The van der Waals surface area contributed by atoms with Gasteiger partial charge >= 0.3 is 5.69 Å². The molecule has 0 spiro atoms. The molecule has 3 aromatic carbocycles. The smallest absolute Gasteiger partial charge is 0.311 e. The van der Waals surface area contributed by atoms with Crippen molar-refractivity contribution in [2.75, 3.05) is 4.90 Å². The van der Waals surface area contributed by atoms with Crippen molar-refractivity contribution in [3.8, 4) is 11.3 Å². The maximum Gasteiger partial charge on any atom is 0.333 e. The normalized spacial score (nSPS) is 10.8. The topological polar surface area (TPSA) is 76.6 Å². The highest BCUT2D eigenvalue weighted by Crippen LogP contribution is 2.35. The third kappa shape index (κ3) is 3.38. The largest absolute Gasteiger partial charge is 0.333 e. The Morgan fingerprint density at radius 3 is 1.94 bits per heavy atom. The molecule has 0 unspecified atom stereocenters. The molecule has 2 aromatic heterocycles. The van der Waals surface area contributed by atoms with Crippen LogP contribution < -0.4 is 4.90 Å². The Labute approximate surface area is 178 Å². The van der Waals surface area contributed by atoms with Crippen LogP contribution in [0.2, 0.25) is 0 Å². The number of rotatable bonds is 5. The van der Waals surface area contributed by atoms with E-state index in [-0.39, 0.29) is 11.3 Å². The summed E-state index contributed by atoms with van der Waals surface area (Å²) in [6.45, 7) is 0. The molecule has 0 radical (unpaired) electrons. The molecule has 2 heterocycles. The molecule has 0 aliphatic carbocycles. The van der Waals surface area contributed by atoms with Crippen LogP contribution in [0.1, 0.15) is 0 Å². The molecule has 5 rings (SSSR count). The van der Waals surface area contributed by atoms with Gasteiger partial charge in [-0.1, -0.05) is 48.5 Å². The van der Waals surface area contributed by atoms with Crippen LogP contribution in [-0.2, 0) is 0 Å². The van der Waals surface area contributed by atoms with Crippen LogP contribution in [0.25, 0.3) is 16.9 Å². The van der Waals surface area contributed by atoms with Crippen molar-refractivity contribution in [2.24, 2.45) is 0 Å². The van der Waals surface area contributed by atoms with Crippen LogP contribution in [0.15, 0.2) is 103 Å². The Kier molecular flexibility index (Phi) is 4.61. The van der Waals surface area contributed by atoms with Crippen molar-refractivity contribution in [1.29, 1.82) is 0 Å². The molecular weight excluding hydrogens is 390 g/mol. The molecule has 0 aliphatic heterocycles. The van der Waals surface area contributed by atoms with Crippen molar-refractivity contribution in [2.45, 2.75) is 0 Å². The third-order valence-electron chi connectivity index (χ3n) is 5.03. The molecule has 0 atom stereocenters. The van der Waals surface area contributed by atoms with Crippen molar-refractivity contribution < 1.29 is 4.92 Å². The number of nitrogens with zero attached hydrogens (tertiary/aromatic N) is 5. The van der Waals surface area contributed by atoms with E-state index in [2.05, 4.69) is 39.2 Å². The highest BCUT2D eigenvalue weighted by molar-refractivity contribution is 5.78. The van der Waals surface area contributed by atoms with Gasteiger partial charge in [0.25, 0.3) is 0 Å². The Bertz CT molecular complexity index is 1310. The average Bonchev–Trinajstić information content (AvgIpc) is 3.26. The number of hydrogen-bond acceptors (Lipinski definition) is 5. The number of aromatic nitrogens is 3. The van der Waals surface area contributed by atoms with Crippen LogP contribution in [-0.4, -0.2) is 19.5 Å². The van der Waals surface area contributed by atoms with Crippen LogP contribution in [0.5, 0.6) is 0 Å². The molecule has 31 heavy (non-hydrogen) atoms. The van der Waals surface area contributed by atoms with Crippen LogP contribution in [0.4, 0.5) is 22.7 Å². The van der Waals surface area contributed by atoms with E-state index in [1.807, 2.05) is 60.7 Å². The van der Waals surface area contributed by atoms with Gasteiger partial charge in [-0.2, -0.15) is 5.10 Å². The van der Waals surface area contributed by atoms with Gasteiger partial charge in [0.05, 0.1) is 10.6 Å². The Morgan fingerprint density at radius 2 is 1.35 bits per heavy atom. The monoisotopic (exact) mass is 407 g/mol. The van der Waals surface area contributed by atoms with Gasteiger partial charge in [0.15, 0.2) is 0 Å². The first-order valence-electron chi connectivity index (χ1n) is 9.70. The van der Waals surface area contributed by atoms with Crippen molar-refractivity contribution in [1.82, 2.24) is 14.6 Å². The number of benzene rings is 3. The predicted molar refractivity (Wildman–Crippen MR) is 120 cm³/mol. The molecule has 0 aliphatic rings. The number of hydrogen-bond donors (Lipinski definition) is 0. The summed E-state index contributed by atoms with van der Waals surface area (Å²) in [7, 11) is 0. The molecule has 0 bridgehead atoms. The van der Waals surface area contributed by atoms with Crippen LogP contribution in [0, 0.1) is 10.1 Å². The van der Waals surface area contributed by atoms with Gasteiger partial charge in [0.1, 0.15) is 6.20 Å². The third-order valence-corrected chi connectivity index (χ3v) is 5.03. The van der Waals surface area contributed by atoms with E-state index >= 15 is 0 Å². The molecule has 0 fully saturated rings. The fraction of sp³-hybridized carbons (Fsp3) is 0. The second kappa shape index (κ2) is 7.72. The summed E-state index contributed by atoms with van der Waals surface area (Å²) in [5.41, 5.74) is 4.83. The van der Waals surface area contributed by atoms with Crippen molar-refractivity contribution in [3.63, 3.8) is 0 Å². The number of nitro groups is 1. The predicted octanol–water partition coefficient (Wildman–Crippen LogP) is 5.77. The molecule has 0 saturated heterocycles. The molecular formula is C24H17N5O2. The molecule has 0 N–H and O–H groups in total. The van der Waals surface area contributed by atoms with E-state index in [0.717, 1.165) is 28.3 Å². The van der Waals surface area contributed by atoms with E-state index in [4.69, 9.17) is 0 Å². The first-order chi connectivity index (χ1) is 15.2. The minimum Gasteiger partial charge on any atom is -0.311 e. The van der Waals surface area contributed by atoms with E-state index in [1.165, 1.54) is 10.7 Å². The quantitative estimate of drug-likeness (QED) is 0.273. The zero-order valence-corrected chi connectivity index (χ0v) is 16.4. The summed E-state index contributed by atoms with van der Waals surface area (Å²) in [6, 6.07) is 30.1. The lowest BCUT2D eigenvalue weighted by Gasteiger charge is -2.25. The SMILES string of the molecule is O=[N+]([O-])c1cnn2c(-c3ccc(N(c4ccccc4)c4ccccc4)cc3)ccnc12. The van der Waals surface area contributed by atoms with Crippen molar-refractivity contribution >= 4 is 28.4 Å². The standard InChI is InChI=1S/C24H17N5O2/c30-29(31)23-17-26-28-22(15-16-25-24(23)28)18-11-13-21(14-12-18)27(19-7-3-1-4-8-19)20-9-5-2-6-10-20/h1-17H. The summed E-state index contributed by atoms with van der Waals surface area (Å²) in [5, 5.41) is 15.4. The maximum atomic E-state index is 11.2. The Balaban J connectivity index is 1.58. The van der Waals surface area contributed by atoms with Gasteiger partial charge in [-0.3, -0.25) is 10.1 Å². The average molecular weight is 407 g/mol. The molecule has 0 amide bonds. The second-order valence-corrected chi connectivity index (χ2v) is 6.91. The summed E-state index contributed by atoms with van der Waals surface area (Å²) in [4.78, 5) is 17.0. The Hall–Kier alpha value is -4.52. The minimum absolute atomic E-state index is 0.113. The highest BCUT2D eigenvalue weighted by Gasteiger charge is 2.18. The van der Waals surface area contributed by atoms with Crippen molar-refractivity contribution in [3.05, 3.63) is 114 Å². The summed E-state index contributed by atoms with van der Waals surface area (Å²) < 4.78 is 1.50. The minimum atomic E-state index is -0.472. The number of anilines is 3. The fourth-order valence-corrected chi connectivity index (χ4v) is 3.61. The maximum absolute atomic E-state index is 11.2. The van der Waals surface area contributed by atoms with E-state index in [0.29, 0.717) is 0 Å². The molecule has 0 saturated carbocycles. The first-order valence-corrected chi connectivity index (χ1v) is 9.70. The second-order valence-electron chi connectivity index (χ2n) is 6.91. The van der Waals surface area contributed by atoms with Crippen LogP contribution >= 0.6 is 0 Å². The van der Waals surface area contributed by atoms with Gasteiger partial charge in [0, 0.05) is 28.8 Å². The molecule has 5 aromatic rings. The first kappa shape index (κ1) is 18.5. The molecule has 150 valence electrons. The van der Waals surface area contributed by atoms with E-state index < -0.39 is 4.92 Å². The number of fused-ring (bicyclic) bond motifs is 1. The van der Waals surface area contributed by atoms with Gasteiger partial charge in [-0.15, -0.1) is 0 Å². The molecule has 7 heteroatoms. The lowest BCUT2D eigenvalue weighted by Crippen LogP contribution is -2.09. The number of para-hydroxylation sites is 2. The summed E-state index contributed by atoms with van der Waals surface area (Å²) in [6.07, 6.45) is 2.79. The lowest BCUT2D eigenvalue weighted by molar-refractivity contribution is -0.383. The zero-order valence-electron chi connectivity index (χ0n) is 16.4. The van der Waals surface area contributed by atoms with Gasteiger partial charge in [0.2, 0.25) is 5.65 Å². The lowest BCUT2D eigenvalue weighted by atomic mass is 10.1.